The third-order valence-electron chi connectivity index (χ3n) is 2.43. The van der Waals surface area contributed by atoms with Crippen LogP contribution in [-0.2, 0) is 0 Å². The van der Waals surface area contributed by atoms with E-state index in [-0.39, 0.29) is 0 Å². The summed E-state index contributed by atoms with van der Waals surface area (Å²) in [6.07, 6.45) is 0. The maximum atomic E-state index is 8.81. The van der Waals surface area contributed by atoms with Crippen LogP contribution in [0.15, 0.2) is 48.5 Å². The highest BCUT2D eigenvalue weighted by Gasteiger charge is 1.84. The summed E-state index contributed by atoms with van der Waals surface area (Å²) in [4.78, 5) is 0. The lowest BCUT2D eigenvalue weighted by molar-refractivity contribution is 0.475. The van der Waals surface area contributed by atoms with E-state index in [0.717, 1.165) is 5.56 Å². The van der Waals surface area contributed by atoms with Gasteiger partial charge in [0.1, 0.15) is 5.75 Å². The molecule has 18 heavy (non-hydrogen) atoms. The van der Waals surface area contributed by atoms with Crippen molar-refractivity contribution in [1.82, 2.24) is 0 Å². The lowest BCUT2D eigenvalue weighted by Crippen LogP contribution is -1.74. The average molecular weight is 244 g/mol. The fourth-order valence-electron chi connectivity index (χ4n) is 1.29. The highest BCUT2D eigenvalue weighted by atomic mass is 16.3. The van der Waals surface area contributed by atoms with Crippen molar-refractivity contribution >= 4 is 0 Å². The van der Waals surface area contributed by atoms with Crippen molar-refractivity contribution < 1.29 is 5.11 Å². The molecule has 0 saturated heterocycles. The summed E-state index contributed by atoms with van der Waals surface area (Å²) in [7, 11) is 0. The SMILES string of the molecule is CC.Cc1cccc(O)c1.Cc1ccccc1C. The normalized spacial score (nSPS) is 8.50. The van der Waals surface area contributed by atoms with Gasteiger partial charge in [-0.25, -0.2) is 0 Å². The van der Waals surface area contributed by atoms with Gasteiger partial charge in [0.2, 0.25) is 0 Å². The second-order valence-electron chi connectivity index (χ2n) is 3.92. The van der Waals surface area contributed by atoms with E-state index in [1.54, 1.807) is 12.1 Å². The first-order chi connectivity index (χ1) is 8.59. The Balaban J connectivity index is 0.000000283. The molecule has 0 radical (unpaired) electrons. The summed E-state index contributed by atoms with van der Waals surface area (Å²) in [6.45, 7) is 10.2. The van der Waals surface area contributed by atoms with Crippen molar-refractivity contribution in [2.75, 3.05) is 0 Å². The number of hydrogen-bond donors (Lipinski definition) is 1. The molecule has 0 aromatic heterocycles. The third-order valence-corrected chi connectivity index (χ3v) is 2.43. The van der Waals surface area contributed by atoms with Gasteiger partial charge < -0.3 is 5.11 Å². The van der Waals surface area contributed by atoms with E-state index < -0.39 is 0 Å². The standard InChI is InChI=1S/C8H10.C7H8O.C2H6/c1-7-5-3-4-6-8(7)2;1-6-3-2-4-7(8)5-6;1-2/h3-6H,1-2H3;2-5,8H,1H3;1-2H3. The molecule has 0 aliphatic carbocycles. The van der Waals surface area contributed by atoms with Gasteiger partial charge in [-0.3, -0.25) is 0 Å². The van der Waals surface area contributed by atoms with Crippen LogP contribution >= 0.6 is 0 Å². The molecule has 0 heterocycles. The second-order valence-corrected chi connectivity index (χ2v) is 3.92. The summed E-state index contributed by atoms with van der Waals surface area (Å²) < 4.78 is 0. The molecule has 1 N–H and O–H groups in total. The zero-order valence-corrected chi connectivity index (χ0v) is 12.1. The Morgan fingerprint density at radius 1 is 0.722 bits per heavy atom. The number of phenols is 1. The number of hydrogen-bond acceptors (Lipinski definition) is 1. The van der Waals surface area contributed by atoms with Crippen LogP contribution in [0.2, 0.25) is 0 Å². The molecule has 0 unspecified atom stereocenters. The van der Waals surface area contributed by atoms with Crippen molar-refractivity contribution in [3.05, 3.63) is 65.2 Å². The Kier molecular flexibility index (Phi) is 8.38. The fourth-order valence-corrected chi connectivity index (χ4v) is 1.29. The first-order valence-electron chi connectivity index (χ1n) is 6.37. The van der Waals surface area contributed by atoms with E-state index in [2.05, 4.69) is 38.1 Å². The molecule has 0 spiro atoms. The smallest absolute Gasteiger partial charge is 0.115 e. The molecule has 0 fully saturated rings. The number of aryl methyl sites for hydroxylation is 3. The van der Waals surface area contributed by atoms with Crippen LogP contribution in [0, 0.1) is 20.8 Å². The molecule has 0 bridgehead atoms. The van der Waals surface area contributed by atoms with E-state index >= 15 is 0 Å². The molecule has 0 atom stereocenters. The predicted octanol–water partition coefficient (Wildman–Crippen LogP) is 5.03. The molecule has 2 rings (SSSR count). The van der Waals surface area contributed by atoms with Crippen LogP contribution in [0.3, 0.4) is 0 Å². The van der Waals surface area contributed by atoms with Crippen LogP contribution in [-0.4, -0.2) is 5.11 Å². The van der Waals surface area contributed by atoms with Crippen LogP contribution in [0.5, 0.6) is 5.75 Å². The van der Waals surface area contributed by atoms with Gasteiger partial charge in [-0.1, -0.05) is 50.2 Å². The lowest BCUT2D eigenvalue weighted by Gasteiger charge is -1.93. The monoisotopic (exact) mass is 244 g/mol. The van der Waals surface area contributed by atoms with Crippen molar-refractivity contribution in [3.8, 4) is 5.75 Å². The number of aromatic hydroxyl groups is 1. The summed E-state index contributed by atoms with van der Waals surface area (Å²) >= 11 is 0. The van der Waals surface area contributed by atoms with Gasteiger partial charge in [0.25, 0.3) is 0 Å². The van der Waals surface area contributed by atoms with Crippen LogP contribution in [0.1, 0.15) is 30.5 Å². The van der Waals surface area contributed by atoms with E-state index in [1.807, 2.05) is 32.9 Å². The number of phenolic OH excluding ortho intramolecular Hbond substituents is 1. The molecule has 0 aliphatic rings. The van der Waals surface area contributed by atoms with Crippen LogP contribution in [0.25, 0.3) is 0 Å². The molecule has 0 aliphatic heterocycles. The Morgan fingerprint density at radius 3 is 1.50 bits per heavy atom. The Bertz CT molecular complexity index is 409. The van der Waals surface area contributed by atoms with Crippen molar-refractivity contribution in [1.29, 1.82) is 0 Å². The molecule has 1 nitrogen and oxygen atoms in total. The van der Waals surface area contributed by atoms with Gasteiger partial charge in [0.15, 0.2) is 0 Å². The van der Waals surface area contributed by atoms with Gasteiger partial charge in [0.05, 0.1) is 0 Å². The lowest BCUT2D eigenvalue weighted by atomic mass is 10.1. The van der Waals surface area contributed by atoms with Gasteiger partial charge in [-0.15, -0.1) is 0 Å². The topological polar surface area (TPSA) is 20.2 Å². The Labute approximate surface area is 111 Å². The van der Waals surface area contributed by atoms with Crippen molar-refractivity contribution in [2.45, 2.75) is 34.6 Å². The molecule has 2 aromatic rings. The van der Waals surface area contributed by atoms with Crippen LogP contribution < -0.4 is 0 Å². The summed E-state index contributed by atoms with van der Waals surface area (Å²) in [5.74, 6) is 0.338. The maximum Gasteiger partial charge on any atom is 0.115 e. The highest BCUT2D eigenvalue weighted by molar-refractivity contribution is 5.25. The minimum atomic E-state index is 0.338. The molecule has 0 amide bonds. The van der Waals surface area contributed by atoms with Gasteiger partial charge in [0, 0.05) is 0 Å². The van der Waals surface area contributed by atoms with E-state index in [4.69, 9.17) is 5.11 Å². The van der Waals surface area contributed by atoms with Gasteiger partial charge in [-0.05, 0) is 49.6 Å². The average Bonchev–Trinajstić information content (AvgIpc) is 2.36. The molecule has 98 valence electrons. The summed E-state index contributed by atoms with van der Waals surface area (Å²) in [6, 6.07) is 15.5. The molecular weight excluding hydrogens is 220 g/mol. The maximum absolute atomic E-state index is 8.81. The fraction of sp³-hybridized carbons (Fsp3) is 0.294. The van der Waals surface area contributed by atoms with Gasteiger partial charge in [-0.2, -0.15) is 0 Å². The highest BCUT2D eigenvalue weighted by Crippen LogP contribution is 2.08. The molecular formula is C17H24O. The van der Waals surface area contributed by atoms with Crippen molar-refractivity contribution in [2.24, 2.45) is 0 Å². The zero-order chi connectivity index (χ0) is 14.0. The largest absolute Gasteiger partial charge is 0.508 e. The first kappa shape index (κ1) is 16.2. The second kappa shape index (κ2) is 9.29. The number of benzene rings is 2. The van der Waals surface area contributed by atoms with E-state index in [0.29, 0.717) is 5.75 Å². The van der Waals surface area contributed by atoms with Crippen molar-refractivity contribution in [3.63, 3.8) is 0 Å². The first-order valence-corrected chi connectivity index (χ1v) is 6.37. The molecule has 2 aromatic carbocycles. The summed E-state index contributed by atoms with van der Waals surface area (Å²) in [5.41, 5.74) is 3.82. The quantitative estimate of drug-likeness (QED) is 0.689. The summed E-state index contributed by atoms with van der Waals surface area (Å²) in [5, 5.41) is 8.81. The zero-order valence-electron chi connectivity index (χ0n) is 12.1. The van der Waals surface area contributed by atoms with E-state index in [9.17, 15) is 0 Å². The minimum Gasteiger partial charge on any atom is -0.508 e. The number of rotatable bonds is 0. The van der Waals surface area contributed by atoms with Gasteiger partial charge >= 0.3 is 0 Å². The minimum absolute atomic E-state index is 0.338. The predicted molar refractivity (Wildman–Crippen MR) is 80.1 cm³/mol. The third kappa shape index (κ3) is 6.74. The van der Waals surface area contributed by atoms with Crippen LogP contribution in [0.4, 0.5) is 0 Å². The van der Waals surface area contributed by atoms with E-state index in [1.165, 1.54) is 11.1 Å². The molecule has 0 saturated carbocycles. The Hall–Kier alpha value is -1.76. The Morgan fingerprint density at radius 2 is 1.22 bits per heavy atom. The molecule has 1 heteroatoms.